The monoisotopic (exact) mass is 632 g/mol. The van der Waals surface area contributed by atoms with Gasteiger partial charge in [-0.1, -0.05) is 48.6 Å². The molecule has 8 bridgehead atoms. The first-order chi connectivity index (χ1) is 23.7. The molecule has 238 valence electrons. The third-order valence-electron chi connectivity index (χ3n) is 14.6. The highest BCUT2D eigenvalue weighted by Gasteiger charge is 2.83. The third-order valence-corrected chi connectivity index (χ3v) is 14.6. The molecule has 48 heavy (non-hydrogen) atoms. The molecule has 8 heteroatoms. The second-order valence-electron chi connectivity index (χ2n) is 15.7. The summed E-state index contributed by atoms with van der Waals surface area (Å²) in [7, 11) is 3.39. The van der Waals surface area contributed by atoms with E-state index in [0.29, 0.717) is 71.1 Å². The van der Waals surface area contributed by atoms with Crippen LogP contribution < -0.4 is 9.47 Å². The molecular weight excluding hydrogens is 596 g/mol. The zero-order chi connectivity index (χ0) is 31.5. The van der Waals surface area contributed by atoms with Crippen LogP contribution in [0.3, 0.4) is 0 Å². The van der Waals surface area contributed by atoms with Crippen LogP contribution in [0.25, 0.3) is 0 Å². The Labute approximate surface area is 279 Å². The lowest BCUT2D eigenvalue weighted by Gasteiger charge is -2.67. The molecule has 1 aromatic carbocycles. The van der Waals surface area contributed by atoms with Crippen molar-refractivity contribution in [2.24, 2.45) is 69.4 Å². The number of pyridine rings is 2. The smallest absolute Gasteiger partial charge is 0.319 e. The van der Waals surface area contributed by atoms with Crippen LogP contribution in [0.15, 0.2) is 95.4 Å². The van der Waals surface area contributed by atoms with Gasteiger partial charge in [-0.05, 0) is 83.7 Å². The Morgan fingerprint density at radius 3 is 1.77 bits per heavy atom. The van der Waals surface area contributed by atoms with Crippen molar-refractivity contribution >= 4 is 0 Å². The molecule has 4 saturated carbocycles. The van der Waals surface area contributed by atoms with Crippen molar-refractivity contribution in [2.45, 2.75) is 35.8 Å². The number of hydrogen-bond acceptors (Lipinski definition) is 8. The van der Waals surface area contributed by atoms with Crippen molar-refractivity contribution in [3.8, 4) is 11.9 Å². The van der Waals surface area contributed by atoms with Crippen LogP contribution in [-0.2, 0) is 11.1 Å². The zero-order valence-corrected chi connectivity index (χ0v) is 26.9. The van der Waals surface area contributed by atoms with Gasteiger partial charge in [-0.25, -0.2) is 0 Å². The lowest BCUT2D eigenvalue weighted by molar-refractivity contribution is -0.155. The average Bonchev–Trinajstić information content (AvgIpc) is 3.97. The maximum atomic E-state index is 6.07. The van der Waals surface area contributed by atoms with E-state index in [1.54, 1.807) is 14.2 Å². The van der Waals surface area contributed by atoms with Crippen molar-refractivity contribution in [1.82, 2.24) is 19.9 Å². The molecule has 14 atom stereocenters. The van der Waals surface area contributed by atoms with Gasteiger partial charge >= 0.3 is 6.01 Å². The summed E-state index contributed by atoms with van der Waals surface area (Å²) in [5, 5.41) is 11.3. The first kappa shape index (κ1) is 26.5. The number of benzene rings is 1. The highest BCUT2D eigenvalue weighted by atomic mass is 16.5. The summed E-state index contributed by atoms with van der Waals surface area (Å²) in [6, 6.07) is 22.4. The van der Waals surface area contributed by atoms with E-state index < -0.39 is 11.1 Å². The molecule has 4 fully saturated rings. The Bertz CT molecular complexity index is 2090. The molecule has 0 saturated heterocycles. The van der Waals surface area contributed by atoms with E-state index >= 15 is 0 Å². The Balaban J connectivity index is 1.15. The molecule has 0 amide bonds. The number of hydrogen-bond donors (Lipinski definition) is 0. The van der Waals surface area contributed by atoms with E-state index in [4.69, 9.17) is 39.6 Å². The van der Waals surface area contributed by atoms with Gasteiger partial charge in [-0.3, -0.25) is 9.97 Å². The molecule has 0 spiro atoms. The maximum Gasteiger partial charge on any atom is 0.319 e. The summed E-state index contributed by atoms with van der Waals surface area (Å²) in [5.41, 5.74) is 6.42. The molecule has 5 heterocycles. The number of rotatable bonds is 4. The first-order valence-electron chi connectivity index (χ1n) is 17.7. The lowest BCUT2D eigenvalue weighted by Crippen LogP contribution is -2.69. The molecule has 8 nitrogen and oxygen atoms in total. The summed E-state index contributed by atoms with van der Waals surface area (Å²) in [5.74, 6) is 4.98. The minimum atomic E-state index is -0.457. The minimum absolute atomic E-state index is 0.146. The molecule has 0 N–H and O–H groups in total. The number of ether oxygens (including phenoxy) is 2. The van der Waals surface area contributed by atoms with Gasteiger partial charge in [0.25, 0.3) is 0 Å². The van der Waals surface area contributed by atoms with Crippen LogP contribution in [0.1, 0.15) is 58.4 Å². The van der Waals surface area contributed by atoms with Gasteiger partial charge in [0.2, 0.25) is 5.88 Å². The van der Waals surface area contributed by atoms with Crippen LogP contribution in [0, 0.1) is 59.2 Å². The third kappa shape index (κ3) is 2.72. The summed E-state index contributed by atoms with van der Waals surface area (Å²) in [6.45, 7) is 0. The van der Waals surface area contributed by atoms with E-state index in [2.05, 4.69) is 60.7 Å². The fourth-order valence-electron chi connectivity index (χ4n) is 13.9. The Kier molecular flexibility index (Phi) is 4.83. The van der Waals surface area contributed by atoms with E-state index in [1.165, 1.54) is 29.5 Å². The van der Waals surface area contributed by atoms with E-state index in [1.807, 2.05) is 24.5 Å². The van der Waals surface area contributed by atoms with Gasteiger partial charge in [0, 0.05) is 53.5 Å². The SMILES string of the molecule is COc1nc(OC)c2c(n1)[C@H]1c3ccccc3[C@@H]2[C@@H]2[C@@H]3C[C@H]([C@H]12)[C@@H]1[C@H]3[C@]2(c3ccccn3)N=N[C@@]1(c1ccccn1)[C@@H]1[C@H]2[C@H]2C=C[C@@H]1C2. The fourth-order valence-corrected chi connectivity index (χ4v) is 13.9. The number of fused-ring (bicyclic) bond motifs is 4. The van der Waals surface area contributed by atoms with E-state index in [9.17, 15) is 0 Å². The summed E-state index contributed by atoms with van der Waals surface area (Å²) >= 11 is 0. The summed E-state index contributed by atoms with van der Waals surface area (Å²) in [4.78, 5) is 20.3. The number of nitrogens with zero attached hydrogens (tertiary/aromatic N) is 6. The van der Waals surface area contributed by atoms with Gasteiger partial charge in [-0.15, -0.1) is 0 Å². The van der Waals surface area contributed by atoms with Gasteiger partial charge in [0.1, 0.15) is 11.1 Å². The molecule has 8 aliphatic carbocycles. The second kappa shape index (κ2) is 8.76. The molecule has 0 unspecified atom stereocenters. The topological polar surface area (TPSA) is 94.7 Å². The van der Waals surface area contributed by atoms with Crippen molar-refractivity contribution in [3.63, 3.8) is 0 Å². The number of methoxy groups -OCH3 is 2. The lowest BCUT2D eigenvalue weighted by atomic mass is 9.39. The number of allylic oxidation sites excluding steroid dienone is 2. The molecule has 0 radical (unpaired) electrons. The van der Waals surface area contributed by atoms with Crippen LogP contribution in [0.2, 0.25) is 0 Å². The predicted molar refractivity (Wildman–Crippen MR) is 175 cm³/mol. The van der Waals surface area contributed by atoms with Crippen LogP contribution in [-0.4, -0.2) is 34.2 Å². The molecule has 10 aliphatic rings. The molecule has 2 aliphatic heterocycles. The zero-order valence-electron chi connectivity index (χ0n) is 26.9. The fraction of sp³-hybridized carbons (Fsp3) is 0.450. The van der Waals surface area contributed by atoms with Gasteiger partial charge in [-0.2, -0.15) is 20.2 Å². The highest BCUT2D eigenvalue weighted by molar-refractivity contribution is 5.59. The average molecular weight is 633 g/mol. The number of azo groups is 1. The molecular formula is C40H36N6O2. The Hall–Kier alpha value is -4.46. The molecule has 4 aromatic rings. The van der Waals surface area contributed by atoms with Crippen molar-refractivity contribution in [1.29, 1.82) is 0 Å². The Morgan fingerprint density at radius 2 is 1.21 bits per heavy atom. The van der Waals surface area contributed by atoms with E-state index in [0.717, 1.165) is 17.1 Å². The normalized spacial score (nSPS) is 43.5. The first-order valence-corrected chi connectivity index (χ1v) is 17.7. The quantitative estimate of drug-likeness (QED) is 0.233. The minimum Gasteiger partial charge on any atom is -0.481 e. The second-order valence-corrected chi connectivity index (χ2v) is 15.7. The Morgan fingerprint density at radius 1 is 0.625 bits per heavy atom. The standard InChI is InChI=1S/C40H36N6O2/c1-47-37-31-27-21-9-3-4-10-22(21)30(36(31)43-38(44-37)48-2)29-24-18-23(28(27)29)34-35(24)40(26-12-6-8-16-42-26)33-20-14-13-19(17-20)32(33)39(34,45-46-40)25-11-5-7-15-41-25/h3-16,19-20,23-24,27-30,32-35H,17-18H2,1-2H3/t19-,20+,23-,24+,27+,28-,29-,30-,32+,33-,34-,35+,39+,40-/m0/s1. The maximum absolute atomic E-state index is 6.07. The summed E-state index contributed by atoms with van der Waals surface area (Å²) in [6.07, 6.45) is 11.3. The van der Waals surface area contributed by atoms with Gasteiger partial charge in [0.05, 0.1) is 31.3 Å². The molecule has 14 rings (SSSR count). The largest absolute Gasteiger partial charge is 0.481 e. The summed E-state index contributed by atoms with van der Waals surface area (Å²) < 4.78 is 11.7. The van der Waals surface area contributed by atoms with Crippen LogP contribution in [0.4, 0.5) is 0 Å². The van der Waals surface area contributed by atoms with Crippen LogP contribution in [0.5, 0.6) is 11.9 Å². The molecule has 3 aromatic heterocycles. The van der Waals surface area contributed by atoms with Crippen molar-refractivity contribution < 1.29 is 9.47 Å². The predicted octanol–water partition coefficient (Wildman–Crippen LogP) is 6.70. The highest BCUT2D eigenvalue weighted by Crippen LogP contribution is 2.84. The van der Waals surface area contributed by atoms with Crippen molar-refractivity contribution in [2.75, 3.05) is 14.2 Å². The number of aromatic nitrogens is 4. The van der Waals surface area contributed by atoms with Crippen LogP contribution >= 0.6 is 0 Å². The van der Waals surface area contributed by atoms with Crippen molar-refractivity contribution in [3.05, 3.63) is 119 Å². The van der Waals surface area contributed by atoms with E-state index in [-0.39, 0.29) is 11.8 Å². The van der Waals surface area contributed by atoms with Gasteiger partial charge < -0.3 is 9.47 Å². The van der Waals surface area contributed by atoms with Gasteiger partial charge in [0.15, 0.2) is 0 Å².